The average molecular weight is 591 g/mol. The van der Waals surface area contributed by atoms with E-state index >= 15 is 0 Å². The van der Waals surface area contributed by atoms with Crippen molar-refractivity contribution in [2.45, 2.75) is 136 Å². The van der Waals surface area contributed by atoms with Crippen molar-refractivity contribution in [3.63, 3.8) is 0 Å². The number of hydrogen-bond acceptors (Lipinski definition) is 2. The first-order valence-corrected chi connectivity index (χ1v) is 18.1. The number of aryl methyl sites for hydroxylation is 2. The Labute approximate surface area is 267 Å². The maximum absolute atomic E-state index is 6.98. The molecule has 0 saturated heterocycles. The molecule has 1 saturated carbocycles. The van der Waals surface area contributed by atoms with Crippen molar-refractivity contribution in [1.82, 2.24) is 0 Å². The average Bonchev–Trinajstić information content (AvgIpc) is 3.13. The predicted molar refractivity (Wildman–Crippen MR) is 184 cm³/mol. The molecule has 0 bridgehead atoms. The van der Waals surface area contributed by atoms with Crippen molar-refractivity contribution in [3.05, 3.63) is 79.9 Å². The Morgan fingerprint density at radius 3 is 1.50 bits per heavy atom. The summed E-state index contributed by atoms with van der Waals surface area (Å²) < 4.78 is 14.0. The second-order valence-electron chi connectivity index (χ2n) is 14.7. The van der Waals surface area contributed by atoms with Crippen LogP contribution < -0.4 is 9.47 Å². The molecular weight excluding hydrogens is 536 g/mol. The lowest BCUT2D eigenvalue weighted by molar-refractivity contribution is 0.222. The summed E-state index contributed by atoms with van der Waals surface area (Å²) in [6.45, 7) is 13.2. The third-order valence-corrected chi connectivity index (χ3v) is 12.2. The molecule has 3 aliphatic carbocycles. The monoisotopic (exact) mass is 590 g/mol. The molecule has 1 heterocycles. The molecule has 234 valence electrons. The van der Waals surface area contributed by atoms with Gasteiger partial charge in [-0.2, -0.15) is 0 Å². The van der Waals surface area contributed by atoms with Gasteiger partial charge in [0.2, 0.25) is 0 Å². The van der Waals surface area contributed by atoms with Gasteiger partial charge in [0.1, 0.15) is 11.5 Å². The van der Waals surface area contributed by atoms with Gasteiger partial charge < -0.3 is 9.47 Å². The number of fused-ring (bicyclic) bond motifs is 7. The fraction of sp³-hybridized carbons (Fsp3) is 0.571. The molecule has 2 nitrogen and oxygen atoms in total. The van der Waals surface area contributed by atoms with E-state index in [2.05, 4.69) is 58.9 Å². The third kappa shape index (κ3) is 5.29. The van der Waals surface area contributed by atoms with E-state index in [1.165, 1.54) is 138 Å². The molecule has 0 amide bonds. The molecule has 44 heavy (non-hydrogen) atoms. The van der Waals surface area contributed by atoms with Gasteiger partial charge in [-0.05, 0) is 184 Å². The SMILES string of the molecule is CCCC1CCC(c2c(C)c(C)c(C3COc4ccc5c(c4-c4c(ccc6c4CCCC6)OC3)CCCC5)c(C)c2C)CC1. The molecular formula is C42H54O2. The number of ether oxygens (including phenoxy) is 2. The Bertz CT molecular complexity index is 1440. The van der Waals surface area contributed by atoms with Gasteiger partial charge in [0, 0.05) is 11.1 Å². The van der Waals surface area contributed by atoms with Gasteiger partial charge in [-0.3, -0.25) is 0 Å². The molecule has 0 spiro atoms. The Hall–Kier alpha value is -2.74. The zero-order valence-corrected chi connectivity index (χ0v) is 28.2. The van der Waals surface area contributed by atoms with E-state index in [0.29, 0.717) is 19.1 Å². The van der Waals surface area contributed by atoms with Crippen molar-refractivity contribution in [2.75, 3.05) is 13.2 Å². The van der Waals surface area contributed by atoms with Gasteiger partial charge in [0.05, 0.1) is 19.1 Å². The van der Waals surface area contributed by atoms with Crippen LogP contribution in [-0.4, -0.2) is 13.2 Å². The largest absolute Gasteiger partial charge is 0.492 e. The van der Waals surface area contributed by atoms with Crippen molar-refractivity contribution >= 4 is 0 Å². The fourth-order valence-electron chi connectivity index (χ4n) is 9.74. The zero-order chi connectivity index (χ0) is 30.4. The highest BCUT2D eigenvalue weighted by Gasteiger charge is 2.32. The van der Waals surface area contributed by atoms with Crippen molar-refractivity contribution in [1.29, 1.82) is 0 Å². The van der Waals surface area contributed by atoms with Crippen LogP contribution >= 0.6 is 0 Å². The topological polar surface area (TPSA) is 18.5 Å². The molecule has 7 rings (SSSR count). The highest BCUT2D eigenvalue weighted by Crippen LogP contribution is 2.49. The lowest BCUT2D eigenvalue weighted by Crippen LogP contribution is -2.22. The molecule has 2 heteroatoms. The number of benzene rings is 3. The Balaban J connectivity index is 1.29. The van der Waals surface area contributed by atoms with Gasteiger partial charge >= 0.3 is 0 Å². The van der Waals surface area contributed by atoms with Crippen LogP contribution in [0.1, 0.15) is 139 Å². The van der Waals surface area contributed by atoms with E-state index < -0.39 is 0 Å². The molecule has 1 fully saturated rings. The Morgan fingerprint density at radius 2 is 1.02 bits per heavy atom. The summed E-state index contributed by atoms with van der Waals surface area (Å²) in [6, 6.07) is 9.32. The minimum Gasteiger partial charge on any atom is -0.492 e. The second-order valence-corrected chi connectivity index (χ2v) is 14.7. The summed E-state index contributed by atoms with van der Waals surface area (Å²) in [6.07, 6.45) is 18.0. The minimum atomic E-state index is 0.188. The van der Waals surface area contributed by atoms with Crippen LogP contribution in [0.25, 0.3) is 11.1 Å². The van der Waals surface area contributed by atoms with Crippen LogP contribution in [0.15, 0.2) is 24.3 Å². The highest BCUT2D eigenvalue weighted by atomic mass is 16.5. The maximum atomic E-state index is 6.98. The molecule has 3 aromatic carbocycles. The van der Waals surface area contributed by atoms with Gasteiger partial charge in [0.15, 0.2) is 0 Å². The summed E-state index contributed by atoms with van der Waals surface area (Å²) in [7, 11) is 0. The molecule has 3 aromatic rings. The summed E-state index contributed by atoms with van der Waals surface area (Å²) in [5.41, 5.74) is 17.9. The zero-order valence-electron chi connectivity index (χ0n) is 28.2. The smallest absolute Gasteiger partial charge is 0.127 e. The van der Waals surface area contributed by atoms with Crippen LogP contribution in [-0.2, 0) is 25.7 Å². The number of hydrogen-bond donors (Lipinski definition) is 0. The lowest BCUT2D eigenvalue weighted by Gasteiger charge is -2.33. The highest BCUT2D eigenvalue weighted by molar-refractivity contribution is 5.84. The van der Waals surface area contributed by atoms with E-state index in [0.717, 1.165) is 30.3 Å². The predicted octanol–water partition coefficient (Wildman–Crippen LogP) is 11.0. The first-order chi connectivity index (χ1) is 21.5. The first kappa shape index (κ1) is 29.9. The van der Waals surface area contributed by atoms with Gasteiger partial charge in [-0.15, -0.1) is 0 Å². The standard InChI is InChI=1S/C42H54O2/c1-6-11-30-16-18-33(19-17-30)39-26(2)28(4)40(29(5)27(39)3)34-24-43-37-22-20-31-12-7-9-14-35(31)41(37)42-36-15-10-8-13-32(36)21-23-38(42)44-25-34/h20-23,30,33-34H,6-19,24-25H2,1-5H3. The van der Waals surface area contributed by atoms with Crippen molar-refractivity contribution in [3.8, 4) is 22.6 Å². The fourth-order valence-corrected chi connectivity index (χ4v) is 9.74. The molecule has 1 aliphatic heterocycles. The Kier molecular flexibility index (Phi) is 8.55. The quantitative estimate of drug-likeness (QED) is 0.301. The van der Waals surface area contributed by atoms with E-state index in [1.807, 2.05) is 0 Å². The van der Waals surface area contributed by atoms with E-state index in [1.54, 1.807) is 5.56 Å². The third-order valence-electron chi connectivity index (χ3n) is 12.2. The molecule has 0 aromatic heterocycles. The van der Waals surface area contributed by atoms with Crippen LogP contribution in [0.2, 0.25) is 0 Å². The molecule has 0 N–H and O–H groups in total. The Morgan fingerprint density at radius 1 is 0.568 bits per heavy atom. The van der Waals surface area contributed by atoms with Crippen molar-refractivity contribution < 1.29 is 9.47 Å². The molecule has 0 unspecified atom stereocenters. The maximum Gasteiger partial charge on any atom is 0.127 e. The van der Waals surface area contributed by atoms with Gasteiger partial charge in [-0.1, -0.05) is 31.9 Å². The second kappa shape index (κ2) is 12.6. The van der Waals surface area contributed by atoms with Gasteiger partial charge in [-0.25, -0.2) is 0 Å². The van der Waals surface area contributed by atoms with Crippen LogP contribution in [0.5, 0.6) is 11.5 Å². The molecule has 0 radical (unpaired) electrons. The molecule has 4 aliphatic rings. The van der Waals surface area contributed by atoms with Crippen molar-refractivity contribution in [2.24, 2.45) is 5.92 Å². The van der Waals surface area contributed by atoms with Gasteiger partial charge in [0.25, 0.3) is 0 Å². The normalized spacial score (nSPS) is 21.8. The number of rotatable bonds is 4. The van der Waals surface area contributed by atoms with Crippen LogP contribution in [0.3, 0.4) is 0 Å². The molecule has 0 atom stereocenters. The first-order valence-electron chi connectivity index (χ1n) is 18.1. The summed E-state index contributed by atoms with van der Waals surface area (Å²) in [5, 5.41) is 0. The van der Waals surface area contributed by atoms with Crippen LogP contribution in [0.4, 0.5) is 0 Å². The summed E-state index contributed by atoms with van der Waals surface area (Å²) in [5.74, 6) is 3.98. The lowest BCUT2D eigenvalue weighted by atomic mass is 9.72. The minimum absolute atomic E-state index is 0.188. The summed E-state index contributed by atoms with van der Waals surface area (Å²) in [4.78, 5) is 0. The summed E-state index contributed by atoms with van der Waals surface area (Å²) >= 11 is 0. The van der Waals surface area contributed by atoms with Crippen LogP contribution in [0, 0.1) is 33.6 Å². The van der Waals surface area contributed by atoms with E-state index in [4.69, 9.17) is 9.47 Å². The van der Waals surface area contributed by atoms with E-state index in [9.17, 15) is 0 Å². The van der Waals surface area contributed by atoms with E-state index in [-0.39, 0.29) is 5.92 Å².